The summed E-state index contributed by atoms with van der Waals surface area (Å²) in [5.74, 6) is 1.05. The number of hydrogen-bond donors (Lipinski definition) is 1. The maximum atomic E-state index is 12.0. The van der Waals surface area contributed by atoms with Gasteiger partial charge in [0.05, 0.1) is 13.2 Å². The standard InChI is InChI=1S/C14H18F3NO2/c15-14(16,17)9-19-8-11(18)7-10-5-6-20-13-4-2-1-3-12(10)13/h1-4,10-11H,5-9,18H2. The van der Waals surface area contributed by atoms with E-state index in [1.54, 1.807) is 0 Å². The van der Waals surface area contributed by atoms with Crippen LogP contribution in [-0.2, 0) is 4.74 Å². The third-order valence-corrected chi connectivity index (χ3v) is 3.27. The van der Waals surface area contributed by atoms with Gasteiger partial charge in [0.2, 0.25) is 0 Å². The summed E-state index contributed by atoms with van der Waals surface area (Å²) >= 11 is 0. The second-order valence-electron chi connectivity index (χ2n) is 5.00. The fraction of sp³-hybridized carbons (Fsp3) is 0.571. The summed E-state index contributed by atoms with van der Waals surface area (Å²) in [6.07, 6.45) is -2.88. The molecule has 0 fully saturated rings. The van der Waals surface area contributed by atoms with Gasteiger partial charge >= 0.3 is 6.18 Å². The minimum atomic E-state index is -4.30. The van der Waals surface area contributed by atoms with E-state index >= 15 is 0 Å². The lowest BCUT2D eigenvalue weighted by molar-refractivity contribution is -0.174. The average Bonchev–Trinajstić information content (AvgIpc) is 2.37. The summed E-state index contributed by atoms with van der Waals surface area (Å²) in [6, 6.07) is 7.28. The highest BCUT2D eigenvalue weighted by Gasteiger charge is 2.28. The van der Waals surface area contributed by atoms with Crippen molar-refractivity contribution in [3.8, 4) is 5.75 Å². The first-order valence-electron chi connectivity index (χ1n) is 6.57. The van der Waals surface area contributed by atoms with Crippen molar-refractivity contribution in [3.63, 3.8) is 0 Å². The van der Waals surface area contributed by atoms with E-state index in [-0.39, 0.29) is 12.5 Å². The van der Waals surface area contributed by atoms with E-state index in [9.17, 15) is 13.2 Å². The third-order valence-electron chi connectivity index (χ3n) is 3.27. The van der Waals surface area contributed by atoms with E-state index in [2.05, 4.69) is 4.74 Å². The summed E-state index contributed by atoms with van der Waals surface area (Å²) in [4.78, 5) is 0. The highest BCUT2D eigenvalue weighted by molar-refractivity contribution is 5.37. The zero-order valence-electron chi connectivity index (χ0n) is 11.0. The SMILES string of the molecule is NC(COCC(F)(F)F)CC1CCOc2ccccc21. The molecule has 112 valence electrons. The average molecular weight is 289 g/mol. The van der Waals surface area contributed by atoms with Gasteiger partial charge in [-0.25, -0.2) is 0 Å². The van der Waals surface area contributed by atoms with Crippen LogP contribution in [0.3, 0.4) is 0 Å². The first kappa shape index (κ1) is 15.1. The fourth-order valence-electron chi connectivity index (χ4n) is 2.42. The summed E-state index contributed by atoms with van der Waals surface area (Å²) in [5, 5.41) is 0. The lowest BCUT2D eigenvalue weighted by atomic mass is 9.88. The number of benzene rings is 1. The van der Waals surface area contributed by atoms with Crippen LogP contribution in [0.2, 0.25) is 0 Å². The summed E-state index contributed by atoms with van der Waals surface area (Å²) in [6.45, 7) is -0.720. The molecule has 2 unspecified atom stereocenters. The highest BCUT2D eigenvalue weighted by Crippen LogP contribution is 2.35. The fourth-order valence-corrected chi connectivity index (χ4v) is 2.42. The van der Waals surface area contributed by atoms with Gasteiger partial charge < -0.3 is 15.2 Å². The van der Waals surface area contributed by atoms with Crippen molar-refractivity contribution in [2.75, 3.05) is 19.8 Å². The number of nitrogens with two attached hydrogens (primary N) is 1. The molecule has 3 nitrogen and oxygen atoms in total. The summed E-state index contributed by atoms with van der Waals surface area (Å²) in [5.41, 5.74) is 6.93. The molecule has 0 radical (unpaired) electrons. The Labute approximate surface area is 115 Å². The Morgan fingerprint density at radius 2 is 2.10 bits per heavy atom. The van der Waals surface area contributed by atoms with Crippen LogP contribution in [0, 0.1) is 0 Å². The van der Waals surface area contributed by atoms with Crippen LogP contribution in [0.15, 0.2) is 24.3 Å². The second kappa shape index (κ2) is 6.45. The van der Waals surface area contributed by atoms with Crippen molar-refractivity contribution < 1.29 is 22.6 Å². The topological polar surface area (TPSA) is 44.5 Å². The Balaban J connectivity index is 1.85. The maximum absolute atomic E-state index is 12.0. The van der Waals surface area contributed by atoms with Crippen molar-refractivity contribution in [2.45, 2.75) is 31.0 Å². The molecule has 0 amide bonds. The van der Waals surface area contributed by atoms with Gasteiger partial charge in [0, 0.05) is 6.04 Å². The molecule has 1 aromatic carbocycles. The van der Waals surface area contributed by atoms with E-state index in [0.29, 0.717) is 13.0 Å². The van der Waals surface area contributed by atoms with Crippen LogP contribution in [0.5, 0.6) is 5.75 Å². The molecule has 1 aromatic rings. The molecule has 1 aliphatic heterocycles. The Bertz CT molecular complexity index is 437. The molecule has 0 aromatic heterocycles. The summed E-state index contributed by atoms with van der Waals surface area (Å²) in [7, 11) is 0. The monoisotopic (exact) mass is 289 g/mol. The Morgan fingerprint density at radius 1 is 1.35 bits per heavy atom. The first-order valence-corrected chi connectivity index (χ1v) is 6.57. The number of ether oxygens (including phenoxy) is 2. The van der Waals surface area contributed by atoms with Crippen molar-refractivity contribution in [2.24, 2.45) is 5.73 Å². The van der Waals surface area contributed by atoms with E-state index in [1.807, 2.05) is 24.3 Å². The molecule has 0 bridgehead atoms. The van der Waals surface area contributed by atoms with E-state index in [4.69, 9.17) is 10.5 Å². The van der Waals surface area contributed by atoms with Crippen molar-refractivity contribution in [3.05, 3.63) is 29.8 Å². The van der Waals surface area contributed by atoms with Gasteiger partial charge in [-0.2, -0.15) is 13.2 Å². The van der Waals surface area contributed by atoms with Crippen LogP contribution in [0.1, 0.15) is 24.3 Å². The predicted molar refractivity (Wildman–Crippen MR) is 68.8 cm³/mol. The van der Waals surface area contributed by atoms with Gasteiger partial charge in [0.1, 0.15) is 12.4 Å². The number of rotatable bonds is 5. The smallest absolute Gasteiger partial charge is 0.411 e. The highest BCUT2D eigenvalue weighted by atomic mass is 19.4. The van der Waals surface area contributed by atoms with Gasteiger partial charge in [0.25, 0.3) is 0 Å². The molecular formula is C14H18F3NO2. The van der Waals surface area contributed by atoms with E-state index < -0.39 is 18.8 Å². The maximum Gasteiger partial charge on any atom is 0.411 e. The van der Waals surface area contributed by atoms with E-state index in [0.717, 1.165) is 17.7 Å². The predicted octanol–water partition coefficient (Wildman–Crippen LogP) is 2.85. The number of hydrogen-bond acceptors (Lipinski definition) is 3. The molecule has 0 spiro atoms. The normalized spacial score (nSPS) is 20.1. The first-order chi connectivity index (χ1) is 9.46. The molecule has 2 atom stereocenters. The summed E-state index contributed by atoms with van der Waals surface area (Å²) < 4.78 is 46.1. The van der Waals surface area contributed by atoms with Gasteiger partial charge in [-0.3, -0.25) is 0 Å². The third kappa shape index (κ3) is 4.38. The Kier molecular flexibility index (Phi) is 4.88. The molecule has 2 rings (SSSR count). The van der Waals surface area contributed by atoms with Gasteiger partial charge in [-0.15, -0.1) is 0 Å². The molecule has 20 heavy (non-hydrogen) atoms. The quantitative estimate of drug-likeness (QED) is 0.906. The minimum absolute atomic E-state index is 0.0843. The lowest BCUT2D eigenvalue weighted by Gasteiger charge is -2.27. The molecule has 1 aliphatic rings. The van der Waals surface area contributed by atoms with Crippen molar-refractivity contribution in [1.82, 2.24) is 0 Å². The molecule has 2 N–H and O–H groups in total. The van der Waals surface area contributed by atoms with Crippen molar-refractivity contribution >= 4 is 0 Å². The zero-order chi connectivity index (χ0) is 14.6. The van der Waals surface area contributed by atoms with Gasteiger partial charge in [-0.1, -0.05) is 18.2 Å². The van der Waals surface area contributed by atoms with Crippen LogP contribution in [0.25, 0.3) is 0 Å². The van der Waals surface area contributed by atoms with Gasteiger partial charge in [-0.05, 0) is 30.4 Å². The number of alkyl halides is 3. The molecule has 0 saturated carbocycles. The van der Waals surface area contributed by atoms with Crippen molar-refractivity contribution in [1.29, 1.82) is 0 Å². The zero-order valence-corrected chi connectivity index (χ0v) is 11.0. The van der Waals surface area contributed by atoms with Crippen LogP contribution < -0.4 is 10.5 Å². The number of para-hydroxylation sites is 1. The number of halogens is 3. The van der Waals surface area contributed by atoms with E-state index in [1.165, 1.54) is 0 Å². The molecule has 6 heteroatoms. The van der Waals surface area contributed by atoms with Crippen LogP contribution in [-0.4, -0.2) is 32.0 Å². The Morgan fingerprint density at radius 3 is 2.85 bits per heavy atom. The molecule has 0 aliphatic carbocycles. The van der Waals surface area contributed by atoms with Crippen LogP contribution in [0.4, 0.5) is 13.2 Å². The second-order valence-corrected chi connectivity index (χ2v) is 5.00. The number of fused-ring (bicyclic) bond motifs is 1. The largest absolute Gasteiger partial charge is 0.493 e. The minimum Gasteiger partial charge on any atom is -0.493 e. The lowest BCUT2D eigenvalue weighted by Crippen LogP contribution is -2.31. The molecule has 0 saturated heterocycles. The Hall–Kier alpha value is -1.27. The molecular weight excluding hydrogens is 271 g/mol. The van der Waals surface area contributed by atoms with Gasteiger partial charge in [0.15, 0.2) is 0 Å². The molecule has 1 heterocycles. The van der Waals surface area contributed by atoms with Crippen LogP contribution >= 0.6 is 0 Å².